The van der Waals surface area contributed by atoms with E-state index in [9.17, 15) is 4.79 Å². The highest BCUT2D eigenvalue weighted by Crippen LogP contribution is 2.31. The molecule has 3 aromatic heterocycles. The Balaban J connectivity index is 1.87. The van der Waals surface area contributed by atoms with Crippen LogP contribution in [0, 0.1) is 32.1 Å². The Morgan fingerprint density at radius 1 is 1.17 bits per heavy atom. The van der Waals surface area contributed by atoms with Crippen molar-refractivity contribution in [2.75, 3.05) is 11.9 Å². The van der Waals surface area contributed by atoms with Gasteiger partial charge in [0.15, 0.2) is 0 Å². The van der Waals surface area contributed by atoms with Gasteiger partial charge >= 0.3 is 0 Å². The number of fused-ring (bicyclic) bond motifs is 1. The number of nitrogens with zero attached hydrogens (tertiary/aromatic N) is 4. The van der Waals surface area contributed by atoms with Crippen LogP contribution in [0.5, 0.6) is 0 Å². The average molecular weight is 386 g/mol. The van der Waals surface area contributed by atoms with Crippen LogP contribution in [0.3, 0.4) is 0 Å². The highest BCUT2D eigenvalue weighted by molar-refractivity contribution is 6.14. The first-order chi connectivity index (χ1) is 13.9. The summed E-state index contributed by atoms with van der Waals surface area (Å²) >= 11 is 0. The maximum absolute atomic E-state index is 13.4. The highest BCUT2D eigenvalue weighted by Gasteiger charge is 2.23. The Labute approximate surface area is 167 Å². The molecule has 0 bridgehead atoms. The minimum absolute atomic E-state index is 0.252. The first-order valence-corrected chi connectivity index (χ1v) is 9.01. The predicted octanol–water partition coefficient (Wildman–Crippen LogP) is 4.56. The molecule has 0 radical (unpaired) electrons. The third kappa shape index (κ3) is 3.15. The number of hydrogen-bond donors (Lipinski definition) is 0. The number of amides is 1. The van der Waals surface area contributed by atoms with Gasteiger partial charge in [-0.05, 0) is 51.1 Å². The SMILES string of the molecule is Cc1cc(-c2cc(C(=O)N(C)c3cccc(C#N)c3)c3c(C)noc3n2)c(C)o1. The van der Waals surface area contributed by atoms with E-state index in [0.717, 1.165) is 11.3 Å². The number of furan rings is 1. The topological polar surface area (TPSA) is 96.2 Å². The van der Waals surface area contributed by atoms with Crippen molar-refractivity contribution in [3.05, 3.63) is 64.7 Å². The lowest BCUT2D eigenvalue weighted by atomic mass is 10.0. The van der Waals surface area contributed by atoms with Crippen molar-refractivity contribution in [2.24, 2.45) is 0 Å². The average Bonchev–Trinajstić information content (AvgIpc) is 3.27. The lowest BCUT2D eigenvalue weighted by molar-refractivity contribution is 0.0994. The summed E-state index contributed by atoms with van der Waals surface area (Å²) in [7, 11) is 1.67. The van der Waals surface area contributed by atoms with Gasteiger partial charge in [0.2, 0.25) is 0 Å². The fraction of sp³-hybridized carbons (Fsp3) is 0.182. The van der Waals surface area contributed by atoms with Crippen LogP contribution in [0.15, 0.2) is 45.3 Å². The largest absolute Gasteiger partial charge is 0.466 e. The van der Waals surface area contributed by atoms with Crippen LogP contribution in [0.1, 0.15) is 33.1 Å². The molecule has 0 aliphatic rings. The molecule has 0 fully saturated rings. The molecular weight excluding hydrogens is 368 g/mol. The molecule has 4 rings (SSSR count). The maximum Gasteiger partial charge on any atom is 0.259 e. The summed E-state index contributed by atoms with van der Waals surface area (Å²) in [6.07, 6.45) is 0. The number of rotatable bonds is 3. The van der Waals surface area contributed by atoms with E-state index in [1.807, 2.05) is 19.9 Å². The summed E-state index contributed by atoms with van der Waals surface area (Å²) < 4.78 is 11.0. The number of carbonyl (C=O) groups is 1. The first kappa shape index (κ1) is 18.4. The van der Waals surface area contributed by atoms with Gasteiger partial charge in [-0.3, -0.25) is 4.79 Å². The lowest BCUT2D eigenvalue weighted by Crippen LogP contribution is -2.26. The molecule has 0 saturated heterocycles. The molecular formula is C22H18N4O3. The van der Waals surface area contributed by atoms with Crippen molar-refractivity contribution < 1.29 is 13.7 Å². The zero-order valence-electron chi connectivity index (χ0n) is 16.5. The van der Waals surface area contributed by atoms with Crippen LogP contribution in [-0.4, -0.2) is 23.1 Å². The monoisotopic (exact) mass is 386 g/mol. The number of benzene rings is 1. The van der Waals surface area contributed by atoms with Gasteiger partial charge in [0, 0.05) is 18.3 Å². The number of aromatic nitrogens is 2. The minimum Gasteiger partial charge on any atom is -0.466 e. The molecule has 0 N–H and O–H groups in total. The van der Waals surface area contributed by atoms with E-state index in [1.165, 1.54) is 4.90 Å². The van der Waals surface area contributed by atoms with E-state index in [0.29, 0.717) is 45.1 Å². The standard InChI is InChI=1S/C22H18N4O3/c1-12-8-17(14(3)28-12)19-10-18(20-13(2)25-29-21(20)24-19)22(27)26(4)16-7-5-6-15(9-16)11-23/h5-10H,1-4H3. The summed E-state index contributed by atoms with van der Waals surface area (Å²) in [5, 5.41) is 13.7. The normalized spacial score (nSPS) is 10.9. The molecule has 1 amide bonds. The maximum atomic E-state index is 13.4. The fourth-order valence-electron chi connectivity index (χ4n) is 3.37. The number of pyridine rings is 1. The van der Waals surface area contributed by atoms with Crippen LogP contribution in [0.25, 0.3) is 22.4 Å². The van der Waals surface area contributed by atoms with Crippen molar-refractivity contribution in [3.8, 4) is 17.3 Å². The predicted molar refractivity (Wildman–Crippen MR) is 108 cm³/mol. The Morgan fingerprint density at radius 3 is 2.66 bits per heavy atom. The van der Waals surface area contributed by atoms with Gasteiger partial charge in [0.25, 0.3) is 11.6 Å². The number of nitriles is 1. The lowest BCUT2D eigenvalue weighted by Gasteiger charge is -2.18. The molecule has 0 aliphatic carbocycles. The second-order valence-electron chi connectivity index (χ2n) is 6.86. The fourth-order valence-corrected chi connectivity index (χ4v) is 3.37. The van der Waals surface area contributed by atoms with Gasteiger partial charge in [-0.1, -0.05) is 11.2 Å². The summed E-state index contributed by atoms with van der Waals surface area (Å²) in [4.78, 5) is 19.4. The quantitative estimate of drug-likeness (QED) is 0.512. The molecule has 0 unspecified atom stereocenters. The highest BCUT2D eigenvalue weighted by atomic mass is 16.5. The number of hydrogen-bond acceptors (Lipinski definition) is 6. The van der Waals surface area contributed by atoms with Crippen molar-refractivity contribution in [1.82, 2.24) is 10.1 Å². The van der Waals surface area contributed by atoms with Crippen LogP contribution in [0.2, 0.25) is 0 Å². The summed E-state index contributed by atoms with van der Waals surface area (Å²) in [6.45, 7) is 5.48. The molecule has 29 heavy (non-hydrogen) atoms. The Morgan fingerprint density at radius 2 is 1.97 bits per heavy atom. The second kappa shape index (κ2) is 6.91. The molecule has 0 aliphatic heterocycles. The molecule has 0 spiro atoms. The number of carbonyl (C=O) groups excluding carboxylic acids is 1. The van der Waals surface area contributed by atoms with E-state index in [2.05, 4.69) is 16.2 Å². The second-order valence-corrected chi connectivity index (χ2v) is 6.86. The van der Waals surface area contributed by atoms with Gasteiger partial charge in [-0.25, -0.2) is 4.98 Å². The zero-order valence-corrected chi connectivity index (χ0v) is 16.5. The summed E-state index contributed by atoms with van der Waals surface area (Å²) in [5.41, 5.74) is 3.76. The smallest absolute Gasteiger partial charge is 0.259 e. The third-order valence-corrected chi connectivity index (χ3v) is 4.83. The van der Waals surface area contributed by atoms with Gasteiger partial charge in [0.1, 0.15) is 11.5 Å². The number of anilines is 1. The Kier molecular flexibility index (Phi) is 4.40. The first-order valence-electron chi connectivity index (χ1n) is 9.01. The molecule has 0 saturated carbocycles. The van der Waals surface area contributed by atoms with E-state index < -0.39 is 0 Å². The Hall–Kier alpha value is -3.92. The molecule has 1 aromatic carbocycles. The number of aryl methyl sites for hydroxylation is 3. The van der Waals surface area contributed by atoms with Gasteiger partial charge in [-0.2, -0.15) is 5.26 Å². The minimum atomic E-state index is -0.252. The summed E-state index contributed by atoms with van der Waals surface area (Å²) in [5.74, 6) is 1.21. The molecule has 0 atom stereocenters. The summed E-state index contributed by atoms with van der Waals surface area (Å²) in [6, 6.07) is 12.6. The molecule has 7 heteroatoms. The van der Waals surface area contributed by atoms with Crippen LogP contribution in [-0.2, 0) is 0 Å². The molecule has 3 heterocycles. The zero-order chi connectivity index (χ0) is 20.7. The van der Waals surface area contributed by atoms with Crippen LogP contribution in [0.4, 0.5) is 5.69 Å². The van der Waals surface area contributed by atoms with Crippen molar-refractivity contribution in [2.45, 2.75) is 20.8 Å². The molecule has 4 aromatic rings. The van der Waals surface area contributed by atoms with Crippen LogP contribution < -0.4 is 4.90 Å². The van der Waals surface area contributed by atoms with E-state index in [4.69, 9.17) is 14.2 Å². The van der Waals surface area contributed by atoms with Crippen molar-refractivity contribution in [1.29, 1.82) is 5.26 Å². The third-order valence-electron chi connectivity index (χ3n) is 4.83. The van der Waals surface area contributed by atoms with Crippen molar-refractivity contribution in [3.63, 3.8) is 0 Å². The van der Waals surface area contributed by atoms with Crippen LogP contribution >= 0.6 is 0 Å². The van der Waals surface area contributed by atoms with Gasteiger partial charge in [-0.15, -0.1) is 0 Å². The van der Waals surface area contributed by atoms with E-state index in [-0.39, 0.29) is 5.91 Å². The van der Waals surface area contributed by atoms with E-state index in [1.54, 1.807) is 44.3 Å². The van der Waals surface area contributed by atoms with Gasteiger partial charge in [0.05, 0.1) is 34.0 Å². The Bertz CT molecular complexity index is 1290. The van der Waals surface area contributed by atoms with E-state index >= 15 is 0 Å². The van der Waals surface area contributed by atoms with Gasteiger partial charge < -0.3 is 13.8 Å². The molecule has 7 nitrogen and oxygen atoms in total. The van der Waals surface area contributed by atoms with Crippen molar-refractivity contribution >= 4 is 22.7 Å². The molecule has 144 valence electrons.